The molecule has 2 rings (SSSR count). The van der Waals surface area contributed by atoms with Gasteiger partial charge in [-0.25, -0.2) is 4.83 Å². The zero-order chi connectivity index (χ0) is 19.3. The summed E-state index contributed by atoms with van der Waals surface area (Å²) in [6.45, 7) is 7.79. The summed E-state index contributed by atoms with van der Waals surface area (Å²) < 4.78 is 36.1. The van der Waals surface area contributed by atoms with E-state index in [0.29, 0.717) is 34.8 Å². The quantitative estimate of drug-likeness (QED) is 0.594. The van der Waals surface area contributed by atoms with Gasteiger partial charge in [0.05, 0.1) is 24.8 Å². The Balaban J connectivity index is 2.31. The van der Waals surface area contributed by atoms with E-state index in [1.165, 1.54) is 6.21 Å². The monoisotopic (exact) mass is 376 g/mol. The molecular weight excluding hydrogens is 352 g/mol. The van der Waals surface area contributed by atoms with Gasteiger partial charge in [0.25, 0.3) is 10.0 Å². The highest BCUT2D eigenvalue weighted by molar-refractivity contribution is 7.89. The van der Waals surface area contributed by atoms with Gasteiger partial charge in [0.15, 0.2) is 11.5 Å². The fourth-order valence-electron chi connectivity index (χ4n) is 2.90. The van der Waals surface area contributed by atoms with Crippen molar-refractivity contribution in [1.29, 1.82) is 0 Å². The largest absolute Gasteiger partial charge is 0.493 e. The minimum absolute atomic E-state index is 0.246. The van der Waals surface area contributed by atoms with Crippen molar-refractivity contribution in [3.63, 3.8) is 0 Å². The molecule has 0 radical (unpaired) electrons. The number of sulfonamides is 1. The number of benzene rings is 2. The van der Waals surface area contributed by atoms with E-state index in [1.807, 2.05) is 26.0 Å². The van der Waals surface area contributed by atoms with Crippen molar-refractivity contribution in [3.8, 4) is 11.5 Å². The number of nitrogens with zero attached hydrogens (tertiary/aromatic N) is 1. The predicted molar refractivity (Wildman–Crippen MR) is 103 cm³/mol. The van der Waals surface area contributed by atoms with Gasteiger partial charge in [-0.1, -0.05) is 23.8 Å². The molecule has 0 atom stereocenters. The molecule has 0 saturated heterocycles. The third-order valence-electron chi connectivity index (χ3n) is 3.77. The molecule has 0 unspecified atom stereocenters. The summed E-state index contributed by atoms with van der Waals surface area (Å²) in [5.41, 5.74) is 3.00. The Morgan fingerprint density at radius 2 is 1.81 bits per heavy atom. The van der Waals surface area contributed by atoms with Crippen LogP contribution in [0.3, 0.4) is 0 Å². The van der Waals surface area contributed by atoms with Gasteiger partial charge in [-0.05, 0) is 51.0 Å². The second kappa shape index (κ2) is 8.23. The molecule has 0 saturated carbocycles. The van der Waals surface area contributed by atoms with Crippen molar-refractivity contribution < 1.29 is 17.9 Å². The maximum absolute atomic E-state index is 12.6. The molecule has 1 N–H and O–H groups in total. The lowest BCUT2D eigenvalue weighted by atomic mass is 10.1. The fourth-order valence-corrected chi connectivity index (χ4v) is 4.14. The molecule has 0 aliphatic heterocycles. The van der Waals surface area contributed by atoms with Crippen LogP contribution in [-0.4, -0.2) is 28.3 Å². The minimum Gasteiger partial charge on any atom is -0.493 e. The van der Waals surface area contributed by atoms with E-state index >= 15 is 0 Å². The highest BCUT2D eigenvalue weighted by Crippen LogP contribution is 2.30. The number of hydrogen-bond donors (Lipinski definition) is 1. The zero-order valence-electron chi connectivity index (χ0n) is 15.7. The van der Waals surface area contributed by atoms with Crippen molar-refractivity contribution in [2.24, 2.45) is 5.10 Å². The van der Waals surface area contributed by atoms with E-state index in [4.69, 9.17) is 9.47 Å². The third-order valence-corrected chi connectivity index (χ3v) is 5.30. The average molecular weight is 376 g/mol. The first-order chi connectivity index (χ1) is 12.3. The maximum atomic E-state index is 12.6. The first-order valence-corrected chi connectivity index (χ1v) is 9.71. The number of ether oxygens (including phenoxy) is 2. The van der Waals surface area contributed by atoms with Crippen LogP contribution < -0.4 is 14.3 Å². The van der Waals surface area contributed by atoms with E-state index in [2.05, 4.69) is 9.93 Å². The van der Waals surface area contributed by atoms with Gasteiger partial charge in [-0.3, -0.25) is 0 Å². The summed E-state index contributed by atoms with van der Waals surface area (Å²) in [5, 5.41) is 3.91. The Kier molecular flexibility index (Phi) is 6.26. The number of aryl methyl sites for hydroxylation is 3. The number of methoxy groups -OCH3 is 1. The van der Waals surface area contributed by atoms with Crippen LogP contribution in [0.4, 0.5) is 0 Å². The molecule has 0 aliphatic carbocycles. The van der Waals surface area contributed by atoms with Crippen LogP contribution in [0, 0.1) is 20.8 Å². The second-order valence-electron chi connectivity index (χ2n) is 5.89. The van der Waals surface area contributed by atoms with Crippen molar-refractivity contribution in [1.82, 2.24) is 4.83 Å². The van der Waals surface area contributed by atoms with Crippen molar-refractivity contribution >= 4 is 16.2 Å². The molecule has 0 bridgehead atoms. The second-order valence-corrected chi connectivity index (χ2v) is 7.49. The summed E-state index contributed by atoms with van der Waals surface area (Å²) in [5.74, 6) is 1.08. The summed E-state index contributed by atoms with van der Waals surface area (Å²) in [4.78, 5) is 2.52. The fraction of sp³-hybridized carbons (Fsp3) is 0.316. The molecule has 2 aromatic rings. The normalized spacial score (nSPS) is 11.6. The first-order valence-electron chi connectivity index (χ1n) is 8.22. The summed E-state index contributed by atoms with van der Waals surface area (Å²) in [6, 6.07) is 8.99. The highest BCUT2D eigenvalue weighted by atomic mass is 32.2. The van der Waals surface area contributed by atoms with Gasteiger partial charge in [0.2, 0.25) is 0 Å². The molecule has 0 fully saturated rings. The van der Waals surface area contributed by atoms with Crippen LogP contribution in [0.25, 0.3) is 0 Å². The molecule has 0 aliphatic rings. The molecule has 0 spiro atoms. The molecule has 0 heterocycles. The summed E-state index contributed by atoms with van der Waals surface area (Å²) in [6.07, 6.45) is 1.41. The Bertz CT molecular complexity index is 898. The molecule has 140 valence electrons. The Morgan fingerprint density at radius 1 is 1.15 bits per heavy atom. The van der Waals surface area contributed by atoms with Gasteiger partial charge in [-0.2, -0.15) is 13.5 Å². The third kappa shape index (κ3) is 4.35. The number of rotatable bonds is 7. The molecule has 0 amide bonds. The van der Waals surface area contributed by atoms with Crippen LogP contribution in [0.5, 0.6) is 11.5 Å². The van der Waals surface area contributed by atoms with Gasteiger partial charge in [-0.15, -0.1) is 0 Å². The van der Waals surface area contributed by atoms with Gasteiger partial charge in [0.1, 0.15) is 0 Å². The number of hydrogen-bond acceptors (Lipinski definition) is 5. The highest BCUT2D eigenvalue weighted by Gasteiger charge is 2.19. The smallest absolute Gasteiger partial charge is 0.277 e. The van der Waals surface area contributed by atoms with Crippen molar-refractivity contribution in [3.05, 3.63) is 52.6 Å². The van der Waals surface area contributed by atoms with Crippen LogP contribution in [0.1, 0.15) is 29.2 Å². The minimum atomic E-state index is -3.77. The van der Waals surface area contributed by atoms with E-state index in [1.54, 1.807) is 39.2 Å². The molecule has 2 aromatic carbocycles. The van der Waals surface area contributed by atoms with Crippen molar-refractivity contribution in [2.45, 2.75) is 32.6 Å². The number of hydrazone groups is 1. The molecule has 0 aromatic heterocycles. The van der Waals surface area contributed by atoms with E-state index < -0.39 is 10.0 Å². The standard InChI is InChI=1S/C19H24N2O4S/c1-6-25-18-16(8-7-9-17(18)24-5)12-20-21-26(22,23)19-14(3)10-13(2)11-15(19)4/h7-12,21H,6H2,1-5H3/b20-12+. The van der Waals surface area contributed by atoms with Crippen LogP contribution >= 0.6 is 0 Å². The average Bonchev–Trinajstić information content (AvgIpc) is 2.54. The predicted octanol–water partition coefficient (Wildman–Crippen LogP) is 3.33. The van der Waals surface area contributed by atoms with Crippen LogP contribution in [0.2, 0.25) is 0 Å². The SMILES string of the molecule is CCOc1c(/C=N/NS(=O)(=O)c2c(C)cc(C)cc2C)cccc1OC. The summed E-state index contributed by atoms with van der Waals surface area (Å²) >= 11 is 0. The van der Waals surface area contributed by atoms with E-state index in [9.17, 15) is 8.42 Å². The van der Waals surface area contributed by atoms with E-state index in [-0.39, 0.29) is 4.90 Å². The Labute approximate surface area is 154 Å². The lowest BCUT2D eigenvalue weighted by Crippen LogP contribution is -2.20. The molecular formula is C19H24N2O4S. The molecule has 7 heteroatoms. The maximum Gasteiger partial charge on any atom is 0.277 e. The van der Waals surface area contributed by atoms with Crippen LogP contribution in [-0.2, 0) is 10.0 Å². The first kappa shape index (κ1) is 19.8. The molecule has 6 nitrogen and oxygen atoms in total. The Morgan fingerprint density at radius 3 is 2.38 bits per heavy atom. The lowest BCUT2D eigenvalue weighted by Gasteiger charge is -2.12. The lowest BCUT2D eigenvalue weighted by molar-refractivity contribution is 0.310. The summed E-state index contributed by atoms with van der Waals surface area (Å²) in [7, 11) is -2.22. The van der Waals surface area contributed by atoms with Crippen LogP contribution in [0.15, 0.2) is 40.3 Å². The molecule has 26 heavy (non-hydrogen) atoms. The van der Waals surface area contributed by atoms with Gasteiger partial charge in [0, 0.05) is 5.56 Å². The van der Waals surface area contributed by atoms with Gasteiger partial charge >= 0.3 is 0 Å². The zero-order valence-corrected chi connectivity index (χ0v) is 16.5. The van der Waals surface area contributed by atoms with Gasteiger partial charge < -0.3 is 9.47 Å². The number of para-hydroxylation sites is 1. The van der Waals surface area contributed by atoms with Crippen molar-refractivity contribution in [2.75, 3.05) is 13.7 Å². The number of nitrogens with one attached hydrogen (secondary N) is 1. The van der Waals surface area contributed by atoms with E-state index in [0.717, 1.165) is 5.56 Å². The topological polar surface area (TPSA) is 77.0 Å². The Hall–Kier alpha value is -2.54.